The molecule has 1 N–H and O–H groups in total. The summed E-state index contributed by atoms with van der Waals surface area (Å²) in [6, 6.07) is 1.51. The van der Waals surface area contributed by atoms with Crippen LogP contribution in [-0.4, -0.2) is 51.9 Å². The molecular formula is C14H15N5O3. The molecule has 2 amide bonds. The Morgan fingerprint density at radius 1 is 1.41 bits per heavy atom. The predicted molar refractivity (Wildman–Crippen MR) is 73.5 cm³/mol. The molecule has 8 heteroatoms. The molecule has 0 radical (unpaired) electrons. The minimum absolute atomic E-state index is 0.0726. The standard InChI is InChI=1S/C14H15N5O3/c15-7-11-13(17-5-4-16-11)22-9-3-6-19(8-9)14(21)10-1-2-12(20)18-10/h4-5,9-10H,1-3,6,8H2,(H,18,20)/t9-,10+/m1/s1. The number of hydrogen-bond donors (Lipinski definition) is 1. The van der Waals surface area contributed by atoms with Crippen molar-refractivity contribution in [1.82, 2.24) is 20.2 Å². The van der Waals surface area contributed by atoms with E-state index in [0.717, 1.165) is 0 Å². The van der Waals surface area contributed by atoms with E-state index in [0.29, 0.717) is 32.4 Å². The summed E-state index contributed by atoms with van der Waals surface area (Å²) in [5.74, 6) is 0.0404. The maximum atomic E-state index is 12.3. The maximum absolute atomic E-state index is 12.3. The van der Waals surface area contributed by atoms with Crippen LogP contribution in [0.1, 0.15) is 25.0 Å². The molecule has 2 aliphatic heterocycles. The van der Waals surface area contributed by atoms with E-state index in [2.05, 4.69) is 15.3 Å². The number of nitrogens with zero attached hydrogens (tertiary/aromatic N) is 4. The SMILES string of the molecule is N#Cc1nccnc1O[C@@H]1CCN(C(=O)[C@@H]2CCC(=O)N2)C1. The minimum atomic E-state index is -0.419. The number of carbonyl (C=O) groups is 2. The van der Waals surface area contributed by atoms with Crippen LogP contribution in [0.3, 0.4) is 0 Å². The highest BCUT2D eigenvalue weighted by Gasteiger charge is 2.35. The van der Waals surface area contributed by atoms with Gasteiger partial charge in [0.25, 0.3) is 5.88 Å². The quantitative estimate of drug-likeness (QED) is 0.814. The van der Waals surface area contributed by atoms with Gasteiger partial charge in [0.05, 0.1) is 6.54 Å². The number of amides is 2. The van der Waals surface area contributed by atoms with Crippen LogP contribution in [0.25, 0.3) is 0 Å². The number of ether oxygens (including phenoxy) is 1. The summed E-state index contributed by atoms with van der Waals surface area (Å²) in [6.07, 6.45) is 4.27. The summed E-state index contributed by atoms with van der Waals surface area (Å²) in [5.41, 5.74) is 0.135. The second-order valence-corrected chi connectivity index (χ2v) is 5.29. The molecule has 0 spiro atoms. The molecule has 0 saturated carbocycles. The van der Waals surface area contributed by atoms with Gasteiger partial charge in [-0.1, -0.05) is 0 Å². The van der Waals surface area contributed by atoms with Gasteiger partial charge in [-0.05, 0) is 6.42 Å². The summed E-state index contributed by atoms with van der Waals surface area (Å²) in [4.78, 5) is 33.1. The van der Waals surface area contributed by atoms with Crippen molar-refractivity contribution >= 4 is 11.8 Å². The van der Waals surface area contributed by atoms with Crippen LogP contribution in [0.15, 0.2) is 12.4 Å². The first-order chi connectivity index (χ1) is 10.7. The number of carbonyl (C=O) groups excluding carboxylic acids is 2. The van der Waals surface area contributed by atoms with Crippen molar-refractivity contribution in [3.63, 3.8) is 0 Å². The molecule has 2 saturated heterocycles. The highest BCUT2D eigenvalue weighted by Crippen LogP contribution is 2.20. The fourth-order valence-electron chi connectivity index (χ4n) is 2.69. The molecule has 8 nitrogen and oxygen atoms in total. The molecular weight excluding hydrogens is 286 g/mol. The number of nitrogens with one attached hydrogen (secondary N) is 1. The van der Waals surface area contributed by atoms with Gasteiger partial charge < -0.3 is 15.0 Å². The lowest BCUT2D eigenvalue weighted by atomic mass is 10.2. The molecule has 114 valence electrons. The van der Waals surface area contributed by atoms with Gasteiger partial charge in [-0.3, -0.25) is 9.59 Å². The van der Waals surface area contributed by atoms with Crippen LogP contribution in [0.4, 0.5) is 0 Å². The highest BCUT2D eigenvalue weighted by atomic mass is 16.5. The second kappa shape index (κ2) is 5.97. The lowest BCUT2D eigenvalue weighted by molar-refractivity contribution is -0.133. The Bertz CT molecular complexity index is 642. The largest absolute Gasteiger partial charge is 0.470 e. The average molecular weight is 301 g/mol. The predicted octanol–water partition coefficient (Wildman–Crippen LogP) is -0.393. The molecule has 2 aliphatic rings. The highest BCUT2D eigenvalue weighted by molar-refractivity contribution is 5.90. The summed E-state index contributed by atoms with van der Waals surface area (Å²) in [5, 5.41) is 11.6. The van der Waals surface area contributed by atoms with Gasteiger partial charge in [-0.2, -0.15) is 5.26 Å². The Balaban J connectivity index is 1.59. The molecule has 22 heavy (non-hydrogen) atoms. The van der Waals surface area contributed by atoms with Crippen molar-refractivity contribution in [2.24, 2.45) is 0 Å². The topological polar surface area (TPSA) is 108 Å². The van der Waals surface area contributed by atoms with Gasteiger partial charge in [-0.25, -0.2) is 9.97 Å². The van der Waals surface area contributed by atoms with E-state index in [4.69, 9.17) is 10.00 Å². The zero-order valence-corrected chi connectivity index (χ0v) is 11.9. The van der Waals surface area contributed by atoms with Gasteiger partial charge in [-0.15, -0.1) is 0 Å². The van der Waals surface area contributed by atoms with Gasteiger partial charge in [0.2, 0.25) is 17.5 Å². The Labute approximate surface area is 127 Å². The van der Waals surface area contributed by atoms with E-state index in [1.165, 1.54) is 12.4 Å². The summed E-state index contributed by atoms with van der Waals surface area (Å²) < 4.78 is 5.68. The maximum Gasteiger partial charge on any atom is 0.251 e. The molecule has 0 aromatic carbocycles. The first-order valence-corrected chi connectivity index (χ1v) is 7.13. The number of rotatable bonds is 3. The van der Waals surface area contributed by atoms with E-state index in [-0.39, 0.29) is 29.5 Å². The Hall–Kier alpha value is -2.69. The lowest BCUT2D eigenvalue weighted by Crippen LogP contribution is -2.44. The van der Waals surface area contributed by atoms with E-state index in [1.807, 2.05) is 6.07 Å². The van der Waals surface area contributed by atoms with Crippen LogP contribution in [0.5, 0.6) is 5.88 Å². The molecule has 0 unspecified atom stereocenters. The Kier molecular flexibility index (Phi) is 3.87. The fourth-order valence-corrected chi connectivity index (χ4v) is 2.69. The van der Waals surface area contributed by atoms with Crippen molar-refractivity contribution in [3.05, 3.63) is 18.1 Å². The molecule has 1 aromatic heterocycles. The summed E-state index contributed by atoms with van der Waals surface area (Å²) >= 11 is 0. The van der Waals surface area contributed by atoms with Gasteiger partial charge in [0.1, 0.15) is 18.2 Å². The molecule has 0 bridgehead atoms. The van der Waals surface area contributed by atoms with Gasteiger partial charge in [0, 0.05) is 31.8 Å². The average Bonchev–Trinajstić information content (AvgIpc) is 3.16. The second-order valence-electron chi connectivity index (χ2n) is 5.29. The summed E-state index contributed by atoms with van der Waals surface area (Å²) in [6.45, 7) is 0.991. The Morgan fingerprint density at radius 3 is 2.95 bits per heavy atom. The normalized spacial score (nSPS) is 24.0. The van der Waals surface area contributed by atoms with Crippen molar-refractivity contribution in [2.75, 3.05) is 13.1 Å². The van der Waals surface area contributed by atoms with Crippen molar-refractivity contribution in [3.8, 4) is 11.9 Å². The number of hydrogen-bond acceptors (Lipinski definition) is 6. The first kappa shape index (κ1) is 14.3. The molecule has 3 rings (SSSR count). The van der Waals surface area contributed by atoms with Crippen molar-refractivity contribution < 1.29 is 14.3 Å². The molecule has 0 aliphatic carbocycles. The first-order valence-electron chi connectivity index (χ1n) is 7.13. The van der Waals surface area contributed by atoms with E-state index >= 15 is 0 Å². The number of aromatic nitrogens is 2. The molecule has 1 aromatic rings. The molecule has 3 heterocycles. The van der Waals surface area contributed by atoms with E-state index in [9.17, 15) is 9.59 Å². The zero-order valence-electron chi connectivity index (χ0n) is 11.9. The van der Waals surface area contributed by atoms with Gasteiger partial charge in [0.15, 0.2) is 0 Å². The van der Waals surface area contributed by atoms with Crippen LogP contribution >= 0.6 is 0 Å². The molecule has 2 fully saturated rings. The monoisotopic (exact) mass is 301 g/mol. The van der Waals surface area contributed by atoms with Crippen LogP contribution in [-0.2, 0) is 9.59 Å². The van der Waals surface area contributed by atoms with E-state index in [1.54, 1.807) is 4.90 Å². The summed E-state index contributed by atoms with van der Waals surface area (Å²) in [7, 11) is 0. The van der Waals surface area contributed by atoms with Crippen molar-refractivity contribution in [2.45, 2.75) is 31.4 Å². The minimum Gasteiger partial charge on any atom is -0.470 e. The third-order valence-electron chi connectivity index (χ3n) is 3.80. The van der Waals surface area contributed by atoms with Crippen molar-refractivity contribution in [1.29, 1.82) is 5.26 Å². The van der Waals surface area contributed by atoms with Crippen LogP contribution in [0.2, 0.25) is 0 Å². The zero-order chi connectivity index (χ0) is 15.5. The van der Waals surface area contributed by atoms with Crippen LogP contribution in [0, 0.1) is 11.3 Å². The van der Waals surface area contributed by atoms with Crippen LogP contribution < -0.4 is 10.1 Å². The number of likely N-dealkylation sites (tertiary alicyclic amines) is 1. The smallest absolute Gasteiger partial charge is 0.251 e. The Morgan fingerprint density at radius 2 is 2.23 bits per heavy atom. The third-order valence-corrected chi connectivity index (χ3v) is 3.80. The lowest BCUT2D eigenvalue weighted by Gasteiger charge is -2.20. The van der Waals surface area contributed by atoms with Gasteiger partial charge >= 0.3 is 0 Å². The number of nitriles is 1. The third kappa shape index (κ3) is 2.83. The molecule has 2 atom stereocenters. The fraction of sp³-hybridized carbons (Fsp3) is 0.500. The van der Waals surface area contributed by atoms with E-state index < -0.39 is 6.04 Å².